The van der Waals surface area contributed by atoms with Crippen LogP contribution in [0.2, 0.25) is 0 Å². The van der Waals surface area contributed by atoms with Gasteiger partial charge in [-0.15, -0.1) is 0 Å². The third-order valence-corrected chi connectivity index (χ3v) is 4.14. The Hall–Kier alpha value is -2.90. The van der Waals surface area contributed by atoms with E-state index in [1.807, 2.05) is 0 Å². The van der Waals surface area contributed by atoms with Crippen molar-refractivity contribution >= 4 is 17.5 Å². The molecule has 0 spiro atoms. The van der Waals surface area contributed by atoms with Gasteiger partial charge >= 0.3 is 0 Å². The summed E-state index contributed by atoms with van der Waals surface area (Å²) in [4.78, 5) is 39.9. The quantitative estimate of drug-likeness (QED) is 0.782. The van der Waals surface area contributed by atoms with Crippen molar-refractivity contribution in [3.8, 4) is 0 Å². The lowest BCUT2D eigenvalue weighted by Gasteiger charge is -2.32. The molecule has 3 N–H and O–H groups in total. The van der Waals surface area contributed by atoms with Crippen LogP contribution >= 0.6 is 0 Å². The molecule has 24 heavy (non-hydrogen) atoms. The number of amides is 2. The molecule has 1 saturated heterocycles. The maximum absolute atomic E-state index is 12.6. The fourth-order valence-electron chi connectivity index (χ4n) is 3.05. The topological polar surface area (TPSA) is 111 Å². The summed E-state index contributed by atoms with van der Waals surface area (Å²) >= 11 is 0. The molecule has 126 valence electrons. The number of hydrogen-bond donors (Lipinski definition) is 3. The van der Waals surface area contributed by atoms with Gasteiger partial charge in [-0.1, -0.05) is 0 Å². The fourth-order valence-corrected chi connectivity index (χ4v) is 3.05. The van der Waals surface area contributed by atoms with E-state index in [9.17, 15) is 14.4 Å². The highest BCUT2D eigenvalue weighted by Gasteiger charge is 2.29. The second-order valence-corrected chi connectivity index (χ2v) is 5.88. The summed E-state index contributed by atoms with van der Waals surface area (Å²) in [5, 5.41) is 9.66. The van der Waals surface area contributed by atoms with E-state index in [0.29, 0.717) is 18.8 Å². The van der Waals surface area contributed by atoms with Gasteiger partial charge in [0.15, 0.2) is 0 Å². The Kier molecular flexibility index (Phi) is 4.45. The number of H-pyrrole nitrogens is 2. The van der Waals surface area contributed by atoms with Crippen molar-refractivity contribution in [1.29, 1.82) is 0 Å². The third-order valence-electron chi connectivity index (χ3n) is 4.14. The number of aromatic nitrogens is 3. The van der Waals surface area contributed by atoms with Crippen LogP contribution in [-0.4, -0.2) is 45.0 Å². The van der Waals surface area contributed by atoms with Gasteiger partial charge in [-0.3, -0.25) is 19.5 Å². The van der Waals surface area contributed by atoms with Gasteiger partial charge in [0.05, 0.1) is 17.6 Å². The van der Waals surface area contributed by atoms with Gasteiger partial charge in [-0.25, -0.2) is 0 Å². The largest absolute Gasteiger partial charge is 0.338 e. The highest BCUT2D eigenvalue weighted by molar-refractivity contribution is 5.94. The molecule has 0 bridgehead atoms. The molecule has 1 aliphatic rings. The first-order chi connectivity index (χ1) is 11.6. The molecule has 8 heteroatoms. The number of hydrogen-bond acceptors (Lipinski definition) is 4. The molecule has 3 rings (SSSR count). The molecule has 8 nitrogen and oxygen atoms in total. The van der Waals surface area contributed by atoms with Crippen LogP contribution in [-0.2, 0) is 4.79 Å². The minimum Gasteiger partial charge on any atom is -0.338 e. The molecule has 2 amide bonds. The fraction of sp³-hybridized carbons (Fsp3) is 0.375. The Morgan fingerprint density at radius 3 is 3.00 bits per heavy atom. The van der Waals surface area contributed by atoms with Crippen molar-refractivity contribution in [1.82, 2.24) is 20.1 Å². The highest BCUT2D eigenvalue weighted by Crippen LogP contribution is 2.30. The molecule has 3 heterocycles. The van der Waals surface area contributed by atoms with E-state index in [4.69, 9.17) is 0 Å². The Morgan fingerprint density at radius 1 is 1.42 bits per heavy atom. The van der Waals surface area contributed by atoms with Crippen molar-refractivity contribution in [2.24, 2.45) is 0 Å². The van der Waals surface area contributed by atoms with E-state index in [0.717, 1.165) is 18.5 Å². The summed E-state index contributed by atoms with van der Waals surface area (Å²) in [7, 11) is 0. The van der Waals surface area contributed by atoms with Gasteiger partial charge in [-0.2, -0.15) is 5.10 Å². The zero-order valence-corrected chi connectivity index (χ0v) is 13.3. The van der Waals surface area contributed by atoms with Crippen molar-refractivity contribution in [2.75, 3.05) is 18.4 Å². The maximum atomic E-state index is 12.6. The summed E-state index contributed by atoms with van der Waals surface area (Å²) in [6.07, 6.45) is 4.77. The van der Waals surface area contributed by atoms with Gasteiger partial charge in [0.2, 0.25) is 5.91 Å². The summed E-state index contributed by atoms with van der Waals surface area (Å²) < 4.78 is 0. The number of nitrogens with zero attached hydrogens (tertiary/aromatic N) is 2. The minimum absolute atomic E-state index is 0.0369. The smallest absolute Gasteiger partial charge is 0.260 e. The number of carbonyl (C=O) groups is 2. The molecule has 1 unspecified atom stereocenters. The van der Waals surface area contributed by atoms with E-state index in [1.54, 1.807) is 17.2 Å². The number of aromatic amines is 2. The molecule has 0 saturated carbocycles. The lowest BCUT2D eigenvalue weighted by Crippen LogP contribution is -2.41. The van der Waals surface area contributed by atoms with E-state index in [-0.39, 0.29) is 28.9 Å². The normalized spacial score (nSPS) is 17.5. The van der Waals surface area contributed by atoms with E-state index in [2.05, 4.69) is 20.5 Å². The number of nitrogens with one attached hydrogen (secondary N) is 3. The number of rotatable bonds is 3. The molecular weight excluding hydrogens is 310 g/mol. The molecule has 0 aliphatic carbocycles. The van der Waals surface area contributed by atoms with E-state index in [1.165, 1.54) is 19.2 Å². The molecule has 2 aromatic rings. The lowest BCUT2D eigenvalue weighted by molar-refractivity contribution is -0.114. The van der Waals surface area contributed by atoms with E-state index < -0.39 is 0 Å². The van der Waals surface area contributed by atoms with Crippen LogP contribution in [0.5, 0.6) is 0 Å². The van der Waals surface area contributed by atoms with Crippen molar-refractivity contribution in [3.05, 3.63) is 46.1 Å². The van der Waals surface area contributed by atoms with Gasteiger partial charge < -0.3 is 15.2 Å². The van der Waals surface area contributed by atoms with Gasteiger partial charge in [-0.05, 0) is 25.0 Å². The lowest BCUT2D eigenvalue weighted by atomic mass is 9.93. The molecule has 0 radical (unpaired) electrons. The molecular formula is C16H19N5O3. The second-order valence-electron chi connectivity index (χ2n) is 5.88. The summed E-state index contributed by atoms with van der Waals surface area (Å²) in [5.74, 6) is -0.408. The predicted octanol–water partition coefficient (Wildman–Crippen LogP) is 1.08. The first-order valence-electron chi connectivity index (χ1n) is 7.84. The maximum Gasteiger partial charge on any atom is 0.260 e. The summed E-state index contributed by atoms with van der Waals surface area (Å²) in [6.45, 7) is 2.52. The van der Waals surface area contributed by atoms with Crippen molar-refractivity contribution in [2.45, 2.75) is 25.7 Å². The number of carbonyl (C=O) groups excluding carboxylic acids is 2. The van der Waals surface area contributed by atoms with Crippen LogP contribution < -0.4 is 10.9 Å². The Bertz CT molecular complexity index is 810. The first kappa shape index (κ1) is 16.0. The van der Waals surface area contributed by atoms with Crippen LogP contribution in [0.3, 0.4) is 0 Å². The molecule has 0 aromatic carbocycles. The molecule has 1 atom stereocenters. The summed E-state index contributed by atoms with van der Waals surface area (Å²) in [6, 6.07) is 3.17. The molecule has 2 aromatic heterocycles. The summed E-state index contributed by atoms with van der Waals surface area (Å²) in [5.41, 5.74) is 1.21. The zero-order valence-electron chi connectivity index (χ0n) is 13.3. The second kappa shape index (κ2) is 6.69. The number of piperidine rings is 1. The Morgan fingerprint density at radius 2 is 2.25 bits per heavy atom. The van der Waals surface area contributed by atoms with Crippen LogP contribution in [0, 0.1) is 0 Å². The Balaban J connectivity index is 1.79. The third kappa shape index (κ3) is 3.22. The van der Waals surface area contributed by atoms with Crippen LogP contribution in [0.15, 0.2) is 29.3 Å². The molecule has 1 fully saturated rings. The van der Waals surface area contributed by atoms with Gasteiger partial charge in [0.1, 0.15) is 5.56 Å². The SMILES string of the molecule is CC(=O)Nc1cn[nH]c1C1CCCN(C(=O)c2ccc[nH]c2=O)C1. The first-order valence-corrected chi connectivity index (χ1v) is 7.84. The average Bonchev–Trinajstić information content (AvgIpc) is 3.02. The number of likely N-dealkylation sites (tertiary alicyclic amines) is 1. The predicted molar refractivity (Wildman–Crippen MR) is 87.8 cm³/mol. The minimum atomic E-state index is -0.384. The van der Waals surface area contributed by atoms with Crippen molar-refractivity contribution in [3.63, 3.8) is 0 Å². The van der Waals surface area contributed by atoms with Crippen LogP contribution in [0.25, 0.3) is 0 Å². The van der Waals surface area contributed by atoms with Gasteiger partial charge in [0.25, 0.3) is 11.5 Å². The standard InChI is InChI=1S/C16H19N5O3/c1-10(22)19-13-8-18-20-14(13)11-4-3-7-21(9-11)16(24)12-5-2-6-17-15(12)23/h2,5-6,8,11H,3-4,7,9H2,1H3,(H,17,23)(H,18,20)(H,19,22). The van der Waals surface area contributed by atoms with Crippen LogP contribution in [0.4, 0.5) is 5.69 Å². The zero-order chi connectivity index (χ0) is 17.1. The van der Waals surface area contributed by atoms with Crippen molar-refractivity contribution < 1.29 is 9.59 Å². The van der Waals surface area contributed by atoms with Gasteiger partial charge in [0, 0.05) is 32.1 Å². The monoisotopic (exact) mass is 329 g/mol. The number of anilines is 1. The number of pyridine rings is 1. The Labute approximate surface area is 138 Å². The molecule has 1 aliphatic heterocycles. The highest BCUT2D eigenvalue weighted by atomic mass is 16.2. The van der Waals surface area contributed by atoms with Crippen LogP contribution in [0.1, 0.15) is 41.7 Å². The van der Waals surface area contributed by atoms with E-state index >= 15 is 0 Å². The average molecular weight is 329 g/mol.